The lowest BCUT2D eigenvalue weighted by Crippen LogP contribution is -2.37. The highest BCUT2D eigenvalue weighted by Gasteiger charge is 2.34. The Hall–Kier alpha value is -2.75. The molecule has 1 atom stereocenters. The molecule has 1 amide bonds. The van der Waals surface area contributed by atoms with E-state index in [4.69, 9.17) is 0 Å². The van der Waals surface area contributed by atoms with Crippen molar-refractivity contribution in [1.82, 2.24) is 4.98 Å². The zero-order chi connectivity index (χ0) is 20.3. The molecule has 0 aliphatic heterocycles. The number of nitrogens with one attached hydrogen (secondary N) is 1. The minimum absolute atomic E-state index is 0.0364. The standard InChI is InChI=1S/C24H27FN2O/c1-16(2)13-24(4,14-18-9-6-5-7-10-18)23(28)27-21-15-26-22-19(17(21)3)11-8-12-20(22)25/h5-12,15-16H,13-14H2,1-4H3,(H,27,28)/t24-/m1/s1. The van der Waals surface area contributed by atoms with Crippen LogP contribution in [0.1, 0.15) is 38.3 Å². The maximum Gasteiger partial charge on any atom is 0.230 e. The molecule has 3 nitrogen and oxygen atoms in total. The normalized spacial score (nSPS) is 13.5. The number of hydrogen-bond donors (Lipinski definition) is 1. The molecule has 1 heterocycles. The lowest BCUT2D eigenvalue weighted by Gasteiger charge is -2.30. The Bertz CT molecular complexity index is 985. The van der Waals surface area contributed by atoms with Crippen molar-refractivity contribution in [3.63, 3.8) is 0 Å². The molecule has 0 spiro atoms. The van der Waals surface area contributed by atoms with Gasteiger partial charge < -0.3 is 5.32 Å². The van der Waals surface area contributed by atoms with Crippen LogP contribution in [0, 0.1) is 24.1 Å². The van der Waals surface area contributed by atoms with Crippen LogP contribution in [0.4, 0.5) is 10.1 Å². The number of carbonyl (C=O) groups excluding carboxylic acids is 1. The number of carbonyl (C=O) groups is 1. The van der Waals surface area contributed by atoms with E-state index < -0.39 is 5.41 Å². The monoisotopic (exact) mass is 378 g/mol. The molecule has 0 aliphatic carbocycles. The van der Waals surface area contributed by atoms with Crippen molar-refractivity contribution >= 4 is 22.5 Å². The fraction of sp³-hybridized carbons (Fsp3) is 0.333. The summed E-state index contributed by atoms with van der Waals surface area (Å²) >= 11 is 0. The van der Waals surface area contributed by atoms with Crippen LogP contribution in [-0.2, 0) is 11.2 Å². The van der Waals surface area contributed by atoms with Gasteiger partial charge in [0, 0.05) is 5.39 Å². The van der Waals surface area contributed by atoms with Crippen molar-refractivity contribution in [2.45, 2.75) is 40.5 Å². The van der Waals surface area contributed by atoms with E-state index in [1.54, 1.807) is 12.3 Å². The first-order valence-electron chi connectivity index (χ1n) is 9.69. The van der Waals surface area contributed by atoms with Crippen LogP contribution in [0.5, 0.6) is 0 Å². The van der Waals surface area contributed by atoms with Gasteiger partial charge >= 0.3 is 0 Å². The van der Waals surface area contributed by atoms with Gasteiger partial charge in [-0.05, 0) is 42.9 Å². The fourth-order valence-corrected chi connectivity index (χ4v) is 3.91. The van der Waals surface area contributed by atoms with Crippen molar-refractivity contribution in [3.05, 3.63) is 71.7 Å². The zero-order valence-electron chi connectivity index (χ0n) is 16.9. The molecule has 1 N–H and O–H groups in total. The molecule has 3 aromatic rings. The maximum atomic E-state index is 14.0. The van der Waals surface area contributed by atoms with E-state index in [1.165, 1.54) is 6.07 Å². The predicted molar refractivity (Wildman–Crippen MR) is 113 cm³/mol. The molecule has 0 bridgehead atoms. The van der Waals surface area contributed by atoms with Gasteiger partial charge in [-0.1, -0.05) is 63.2 Å². The lowest BCUT2D eigenvalue weighted by molar-refractivity contribution is -0.125. The first-order chi connectivity index (χ1) is 13.3. The molecule has 1 aromatic heterocycles. The number of pyridine rings is 1. The number of hydrogen-bond acceptors (Lipinski definition) is 2. The molecule has 28 heavy (non-hydrogen) atoms. The summed E-state index contributed by atoms with van der Waals surface area (Å²) in [6.07, 6.45) is 2.98. The van der Waals surface area contributed by atoms with Crippen molar-refractivity contribution in [1.29, 1.82) is 0 Å². The van der Waals surface area contributed by atoms with Gasteiger partial charge in [-0.15, -0.1) is 0 Å². The van der Waals surface area contributed by atoms with E-state index in [1.807, 2.05) is 38.1 Å². The van der Waals surface area contributed by atoms with Gasteiger partial charge in [-0.3, -0.25) is 9.78 Å². The molecular formula is C24H27FN2O. The van der Waals surface area contributed by atoms with Crippen LogP contribution < -0.4 is 5.32 Å². The van der Waals surface area contributed by atoms with Crippen LogP contribution in [-0.4, -0.2) is 10.9 Å². The number of halogens is 1. The van der Waals surface area contributed by atoms with Gasteiger partial charge in [0.15, 0.2) is 0 Å². The smallest absolute Gasteiger partial charge is 0.230 e. The number of aromatic nitrogens is 1. The third kappa shape index (κ3) is 4.22. The fourth-order valence-electron chi connectivity index (χ4n) is 3.91. The Morgan fingerprint density at radius 3 is 2.54 bits per heavy atom. The van der Waals surface area contributed by atoms with Gasteiger partial charge in [-0.2, -0.15) is 0 Å². The molecule has 0 unspecified atom stereocenters. The average Bonchev–Trinajstić information content (AvgIpc) is 2.64. The highest BCUT2D eigenvalue weighted by molar-refractivity contribution is 5.98. The van der Waals surface area contributed by atoms with Gasteiger partial charge in [0.2, 0.25) is 5.91 Å². The molecule has 0 fully saturated rings. The van der Waals surface area contributed by atoms with Gasteiger partial charge in [0.25, 0.3) is 0 Å². The minimum Gasteiger partial charge on any atom is -0.324 e. The van der Waals surface area contributed by atoms with Crippen LogP contribution in [0.25, 0.3) is 10.9 Å². The Labute approximate surface area is 166 Å². The van der Waals surface area contributed by atoms with E-state index in [-0.39, 0.29) is 11.7 Å². The SMILES string of the molecule is Cc1c(NC(=O)[C@@](C)(Cc2ccccc2)CC(C)C)cnc2c(F)cccc12. The third-order valence-corrected chi connectivity index (χ3v) is 5.21. The van der Waals surface area contributed by atoms with Crippen LogP contribution in [0.3, 0.4) is 0 Å². The summed E-state index contributed by atoms with van der Waals surface area (Å²) < 4.78 is 14.0. The van der Waals surface area contributed by atoms with Crippen molar-refractivity contribution in [3.8, 4) is 0 Å². The van der Waals surface area contributed by atoms with E-state index in [0.29, 0.717) is 28.9 Å². The number of anilines is 1. The first-order valence-corrected chi connectivity index (χ1v) is 9.69. The highest BCUT2D eigenvalue weighted by atomic mass is 19.1. The summed E-state index contributed by atoms with van der Waals surface area (Å²) in [5, 5.41) is 3.78. The summed E-state index contributed by atoms with van der Waals surface area (Å²) in [6, 6.07) is 15.0. The predicted octanol–water partition coefficient (Wildman–Crippen LogP) is 5.92. The van der Waals surface area contributed by atoms with Crippen molar-refractivity contribution < 1.29 is 9.18 Å². The average molecular weight is 378 g/mol. The molecular weight excluding hydrogens is 351 g/mol. The lowest BCUT2D eigenvalue weighted by atomic mass is 9.76. The number of benzene rings is 2. The Morgan fingerprint density at radius 1 is 1.14 bits per heavy atom. The molecule has 3 rings (SSSR count). The quantitative estimate of drug-likeness (QED) is 0.579. The molecule has 0 saturated carbocycles. The third-order valence-electron chi connectivity index (χ3n) is 5.21. The number of fused-ring (bicyclic) bond motifs is 1. The highest BCUT2D eigenvalue weighted by Crippen LogP contribution is 2.33. The maximum absolute atomic E-state index is 14.0. The van der Waals surface area contributed by atoms with E-state index >= 15 is 0 Å². The van der Waals surface area contributed by atoms with Crippen molar-refractivity contribution in [2.24, 2.45) is 11.3 Å². The summed E-state index contributed by atoms with van der Waals surface area (Å²) in [7, 11) is 0. The summed E-state index contributed by atoms with van der Waals surface area (Å²) in [6.45, 7) is 8.15. The Kier molecular flexibility index (Phi) is 5.78. The van der Waals surface area contributed by atoms with Gasteiger partial charge in [0.05, 0.1) is 17.3 Å². The van der Waals surface area contributed by atoms with Crippen LogP contribution >= 0.6 is 0 Å². The largest absolute Gasteiger partial charge is 0.324 e. The summed E-state index contributed by atoms with van der Waals surface area (Å²) in [5.74, 6) is -0.0118. The first kappa shape index (κ1) is 20.0. The number of aryl methyl sites for hydroxylation is 1. The van der Waals surface area contributed by atoms with E-state index in [2.05, 4.69) is 36.3 Å². The molecule has 2 aromatic carbocycles. The number of amides is 1. The molecule has 0 aliphatic rings. The zero-order valence-corrected chi connectivity index (χ0v) is 16.9. The van der Waals surface area contributed by atoms with E-state index in [9.17, 15) is 9.18 Å². The van der Waals surface area contributed by atoms with Crippen molar-refractivity contribution in [2.75, 3.05) is 5.32 Å². The second-order valence-electron chi connectivity index (χ2n) is 8.21. The van der Waals surface area contributed by atoms with Gasteiger partial charge in [0.1, 0.15) is 11.3 Å². The Morgan fingerprint density at radius 2 is 1.86 bits per heavy atom. The topological polar surface area (TPSA) is 42.0 Å². The minimum atomic E-state index is -0.557. The second-order valence-corrected chi connectivity index (χ2v) is 8.21. The van der Waals surface area contributed by atoms with Gasteiger partial charge in [-0.25, -0.2) is 4.39 Å². The molecule has 0 radical (unpaired) electrons. The second kappa shape index (κ2) is 8.09. The van der Waals surface area contributed by atoms with Crippen LogP contribution in [0.2, 0.25) is 0 Å². The molecule has 146 valence electrons. The Balaban J connectivity index is 1.91. The summed E-state index contributed by atoms with van der Waals surface area (Å²) in [5.41, 5.74) is 2.36. The van der Waals surface area contributed by atoms with Crippen LogP contribution in [0.15, 0.2) is 54.7 Å². The number of para-hydroxylation sites is 1. The summed E-state index contributed by atoms with van der Waals surface area (Å²) in [4.78, 5) is 17.5. The molecule has 4 heteroatoms. The number of rotatable bonds is 6. The molecule has 0 saturated heterocycles. The number of nitrogens with zero attached hydrogens (tertiary/aromatic N) is 1. The van der Waals surface area contributed by atoms with E-state index in [0.717, 1.165) is 17.5 Å².